The fourth-order valence-corrected chi connectivity index (χ4v) is 3.12. The molecule has 2 aromatic rings. The number of anilines is 2. The summed E-state index contributed by atoms with van der Waals surface area (Å²) < 4.78 is 10.7. The maximum Gasteiger partial charge on any atom is 0.338 e. The van der Waals surface area contributed by atoms with Crippen LogP contribution in [0.3, 0.4) is 0 Å². The van der Waals surface area contributed by atoms with Crippen LogP contribution in [0.5, 0.6) is 5.75 Å². The first-order valence-electron chi connectivity index (χ1n) is 8.82. The van der Waals surface area contributed by atoms with E-state index in [1.165, 1.54) is 18.2 Å². The van der Waals surface area contributed by atoms with E-state index >= 15 is 0 Å². The Morgan fingerprint density at radius 3 is 2.57 bits per heavy atom. The van der Waals surface area contributed by atoms with E-state index in [9.17, 15) is 9.59 Å². The summed E-state index contributed by atoms with van der Waals surface area (Å²) in [5.74, 6) is 0.281. The molecule has 2 heterocycles. The Hall–Kier alpha value is -2.80. The monoisotopic (exact) mass is 403 g/mol. The molecule has 2 amide bonds. The number of esters is 1. The van der Waals surface area contributed by atoms with Gasteiger partial charge in [0.15, 0.2) is 11.6 Å². The minimum Gasteiger partial charge on any atom is -0.491 e. The van der Waals surface area contributed by atoms with Crippen molar-refractivity contribution in [1.29, 1.82) is 0 Å². The van der Waals surface area contributed by atoms with Gasteiger partial charge in [0.2, 0.25) is 0 Å². The minimum absolute atomic E-state index is 0.269. The Balaban J connectivity index is 1.85. The maximum atomic E-state index is 13.0. The van der Waals surface area contributed by atoms with Gasteiger partial charge < -0.3 is 9.47 Å². The van der Waals surface area contributed by atoms with Gasteiger partial charge in [-0.1, -0.05) is 17.7 Å². The van der Waals surface area contributed by atoms with Gasteiger partial charge in [0, 0.05) is 25.0 Å². The first kappa shape index (κ1) is 19.9. The molecular formula is C20H22ClN3O4. The highest BCUT2D eigenvalue weighted by Gasteiger charge is 2.34. The fraction of sp³-hybridized carbons (Fsp3) is 0.350. The van der Waals surface area contributed by atoms with E-state index in [1.807, 2.05) is 20.8 Å². The van der Waals surface area contributed by atoms with E-state index in [0.29, 0.717) is 40.9 Å². The lowest BCUT2D eigenvalue weighted by atomic mass is 10.1. The van der Waals surface area contributed by atoms with Crippen LogP contribution in [0.2, 0.25) is 5.02 Å². The number of halogens is 1. The van der Waals surface area contributed by atoms with Gasteiger partial charge in [-0.15, -0.1) is 0 Å². The molecule has 1 saturated heterocycles. The van der Waals surface area contributed by atoms with Crippen molar-refractivity contribution in [3.8, 4) is 5.75 Å². The molecule has 8 heteroatoms. The number of carbonyl (C=O) groups excluding carboxylic acids is 2. The Labute approximate surface area is 168 Å². The van der Waals surface area contributed by atoms with Crippen LogP contribution in [0.1, 0.15) is 31.1 Å². The molecule has 7 nitrogen and oxygen atoms in total. The number of ether oxygens (including phenoxy) is 2. The molecule has 0 spiro atoms. The normalized spacial score (nSPS) is 14.4. The summed E-state index contributed by atoms with van der Waals surface area (Å²) in [6, 6.07) is 8.15. The number of urea groups is 1. The largest absolute Gasteiger partial charge is 0.491 e. The quantitative estimate of drug-likeness (QED) is 0.717. The SMILES string of the molecule is COc1c(Cl)ccnc1N1CCN(c2cccc(C(=O)OC(C)(C)C)c2)C1=O. The highest BCUT2D eigenvalue weighted by molar-refractivity contribution is 6.32. The summed E-state index contributed by atoms with van der Waals surface area (Å²) in [5, 5.41) is 0.380. The van der Waals surface area contributed by atoms with E-state index < -0.39 is 11.6 Å². The van der Waals surface area contributed by atoms with Gasteiger partial charge in [0.25, 0.3) is 0 Å². The molecule has 0 unspecified atom stereocenters. The van der Waals surface area contributed by atoms with E-state index in [-0.39, 0.29) is 6.03 Å². The van der Waals surface area contributed by atoms with Gasteiger partial charge in [0.1, 0.15) is 5.60 Å². The molecule has 1 aliphatic heterocycles. The van der Waals surface area contributed by atoms with Gasteiger partial charge in [-0.2, -0.15) is 0 Å². The van der Waals surface area contributed by atoms with Gasteiger partial charge >= 0.3 is 12.0 Å². The molecule has 0 aliphatic carbocycles. The lowest BCUT2D eigenvalue weighted by Crippen LogP contribution is -2.32. The summed E-state index contributed by atoms with van der Waals surface area (Å²) >= 11 is 6.15. The van der Waals surface area contributed by atoms with E-state index in [1.54, 1.807) is 35.2 Å². The molecule has 0 atom stereocenters. The summed E-state index contributed by atoms with van der Waals surface area (Å²) in [6.07, 6.45) is 1.53. The summed E-state index contributed by atoms with van der Waals surface area (Å²) in [5.41, 5.74) is 0.399. The van der Waals surface area contributed by atoms with Gasteiger partial charge in [-0.05, 0) is 45.0 Å². The standard InChI is InChI=1S/C20H22ClN3O4/c1-20(2,3)28-18(25)13-6-5-7-14(12-13)23-10-11-24(19(23)26)17-16(27-4)15(21)8-9-22-17/h5-9,12H,10-11H2,1-4H3. The second kappa shape index (κ2) is 7.67. The number of rotatable bonds is 4. The average molecular weight is 404 g/mol. The van der Waals surface area contributed by atoms with Crippen LogP contribution in [0.25, 0.3) is 0 Å². The predicted octanol–water partition coefficient (Wildman–Crippen LogP) is 4.15. The van der Waals surface area contributed by atoms with Crippen LogP contribution in [0, 0.1) is 0 Å². The number of hydrogen-bond acceptors (Lipinski definition) is 5. The Bertz CT molecular complexity index is 911. The lowest BCUT2D eigenvalue weighted by molar-refractivity contribution is 0.00695. The fourth-order valence-electron chi connectivity index (χ4n) is 2.91. The Kier molecular flexibility index (Phi) is 5.47. The molecule has 0 radical (unpaired) electrons. The van der Waals surface area contributed by atoms with Crippen LogP contribution in [-0.4, -0.2) is 42.8 Å². The number of benzene rings is 1. The van der Waals surface area contributed by atoms with E-state index in [0.717, 1.165) is 0 Å². The van der Waals surface area contributed by atoms with Gasteiger partial charge in [-0.25, -0.2) is 14.6 Å². The third-order valence-electron chi connectivity index (χ3n) is 4.10. The van der Waals surface area contributed by atoms with Crippen LogP contribution in [-0.2, 0) is 4.74 Å². The molecule has 1 aliphatic rings. The average Bonchev–Trinajstić information content (AvgIpc) is 3.01. The van der Waals surface area contributed by atoms with Crippen molar-refractivity contribution < 1.29 is 19.1 Å². The Morgan fingerprint density at radius 2 is 1.89 bits per heavy atom. The molecule has 148 valence electrons. The number of carbonyl (C=O) groups is 2. The van der Waals surface area contributed by atoms with Crippen LogP contribution >= 0.6 is 11.6 Å². The molecule has 0 bridgehead atoms. The lowest BCUT2D eigenvalue weighted by Gasteiger charge is -2.21. The van der Waals surface area contributed by atoms with Gasteiger partial charge in [0.05, 0.1) is 17.7 Å². The molecule has 28 heavy (non-hydrogen) atoms. The highest BCUT2D eigenvalue weighted by Crippen LogP contribution is 2.35. The minimum atomic E-state index is -0.595. The molecule has 1 fully saturated rings. The molecular weight excluding hydrogens is 382 g/mol. The van der Waals surface area contributed by atoms with Gasteiger partial charge in [-0.3, -0.25) is 9.80 Å². The zero-order valence-corrected chi connectivity index (χ0v) is 17.0. The molecule has 0 saturated carbocycles. The van der Waals surface area contributed by atoms with Crippen LogP contribution < -0.4 is 14.5 Å². The number of pyridine rings is 1. The molecule has 1 aromatic heterocycles. The zero-order valence-electron chi connectivity index (χ0n) is 16.2. The van der Waals surface area contributed by atoms with Crippen molar-refractivity contribution in [3.63, 3.8) is 0 Å². The summed E-state index contributed by atoms with van der Waals surface area (Å²) in [4.78, 5) is 32.7. The van der Waals surface area contributed by atoms with Crippen molar-refractivity contribution >= 4 is 35.1 Å². The molecule has 1 aromatic carbocycles. The summed E-state index contributed by atoms with van der Waals surface area (Å²) in [7, 11) is 1.48. The Morgan fingerprint density at radius 1 is 1.18 bits per heavy atom. The first-order chi connectivity index (χ1) is 13.2. The smallest absolute Gasteiger partial charge is 0.338 e. The van der Waals surface area contributed by atoms with Crippen molar-refractivity contribution in [3.05, 3.63) is 47.1 Å². The van der Waals surface area contributed by atoms with Crippen molar-refractivity contribution in [2.45, 2.75) is 26.4 Å². The predicted molar refractivity (Wildman–Crippen MR) is 107 cm³/mol. The molecule has 0 N–H and O–H groups in total. The van der Waals surface area contributed by atoms with E-state index in [4.69, 9.17) is 21.1 Å². The highest BCUT2D eigenvalue weighted by atomic mass is 35.5. The molecule has 3 rings (SSSR count). The van der Waals surface area contributed by atoms with Crippen molar-refractivity contribution in [1.82, 2.24) is 4.98 Å². The second-order valence-electron chi connectivity index (χ2n) is 7.29. The third kappa shape index (κ3) is 4.04. The number of nitrogens with zero attached hydrogens (tertiary/aromatic N) is 3. The number of aromatic nitrogens is 1. The number of amides is 2. The van der Waals surface area contributed by atoms with E-state index in [2.05, 4.69) is 4.98 Å². The van der Waals surface area contributed by atoms with Crippen molar-refractivity contribution in [2.24, 2.45) is 0 Å². The second-order valence-corrected chi connectivity index (χ2v) is 7.69. The number of hydrogen-bond donors (Lipinski definition) is 0. The van der Waals surface area contributed by atoms with Crippen LogP contribution in [0.15, 0.2) is 36.5 Å². The summed E-state index contributed by atoms with van der Waals surface area (Å²) in [6.45, 7) is 6.28. The topological polar surface area (TPSA) is 72.0 Å². The first-order valence-corrected chi connectivity index (χ1v) is 9.20. The number of methoxy groups -OCH3 is 1. The zero-order chi connectivity index (χ0) is 20.5. The third-order valence-corrected chi connectivity index (χ3v) is 4.40. The van der Waals surface area contributed by atoms with Crippen LogP contribution in [0.4, 0.5) is 16.3 Å². The van der Waals surface area contributed by atoms with Crippen molar-refractivity contribution in [2.75, 3.05) is 30.0 Å². The maximum absolute atomic E-state index is 13.0.